The minimum absolute atomic E-state index is 0.375. The van der Waals surface area contributed by atoms with Gasteiger partial charge in [0.1, 0.15) is 12.4 Å². The molecule has 0 fully saturated rings. The van der Waals surface area contributed by atoms with Crippen molar-refractivity contribution in [2.75, 3.05) is 12.3 Å². The molecule has 0 saturated heterocycles. The number of nitrogens with zero attached hydrogens (tertiary/aromatic N) is 3. The van der Waals surface area contributed by atoms with Gasteiger partial charge in [-0.15, -0.1) is 0 Å². The monoisotopic (exact) mass is 270 g/mol. The average molecular weight is 270 g/mol. The van der Waals surface area contributed by atoms with Crippen LogP contribution in [0, 0.1) is 6.92 Å². The fraction of sp³-hybridized carbons (Fsp3) is 0.200. The Morgan fingerprint density at radius 2 is 2.15 bits per heavy atom. The minimum Gasteiger partial charge on any atom is -0.489 e. The topological polar surface area (TPSA) is 65.4 Å². The van der Waals surface area contributed by atoms with Gasteiger partial charge in [0.25, 0.3) is 0 Å². The van der Waals surface area contributed by atoms with Gasteiger partial charge in [-0.1, -0.05) is 6.58 Å². The van der Waals surface area contributed by atoms with Crippen molar-refractivity contribution in [3.63, 3.8) is 0 Å². The van der Waals surface area contributed by atoms with Crippen LogP contribution in [0.1, 0.15) is 18.2 Å². The fourth-order valence-electron chi connectivity index (χ4n) is 1.58. The zero-order valence-corrected chi connectivity index (χ0v) is 11.7. The van der Waals surface area contributed by atoms with Gasteiger partial charge >= 0.3 is 0 Å². The molecule has 0 bridgehead atoms. The molecule has 0 amide bonds. The third kappa shape index (κ3) is 3.71. The molecular formula is C15H18N4O. The lowest BCUT2D eigenvalue weighted by Gasteiger charge is -2.05. The highest BCUT2D eigenvalue weighted by molar-refractivity contribution is 5.79. The smallest absolute Gasteiger partial charge is 0.221 e. The molecular weight excluding hydrogens is 252 g/mol. The van der Waals surface area contributed by atoms with Crippen molar-refractivity contribution in [1.82, 2.24) is 9.66 Å². The van der Waals surface area contributed by atoms with Crippen LogP contribution in [0.2, 0.25) is 0 Å². The van der Waals surface area contributed by atoms with E-state index in [1.54, 1.807) is 17.1 Å². The Hall–Kier alpha value is -2.56. The van der Waals surface area contributed by atoms with Crippen molar-refractivity contribution in [2.45, 2.75) is 13.8 Å². The van der Waals surface area contributed by atoms with Crippen LogP contribution >= 0.6 is 0 Å². The Bertz CT molecular complexity index is 626. The number of rotatable bonds is 5. The zero-order valence-electron chi connectivity index (χ0n) is 11.7. The van der Waals surface area contributed by atoms with E-state index in [0.29, 0.717) is 12.6 Å². The number of hydrogen-bond donors (Lipinski definition) is 1. The third-order valence-electron chi connectivity index (χ3n) is 2.53. The number of anilines is 1. The number of benzene rings is 1. The molecule has 2 rings (SSSR count). The first-order chi connectivity index (χ1) is 9.54. The molecule has 20 heavy (non-hydrogen) atoms. The highest BCUT2D eigenvalue weighted by Crippen LogP contribution is 2.12. The van der Waals surface area contributed by atoms with Crippen molar-refractivity contribution >= 4 is 12.2 Å². The summed E-state index contributed by atoms with van der Waals surface area (Å²) in [5.74, 6) is 1.18. The molecule has 5 nitrogen and oxygen atoms in total. The summed E-state index contributed by atoms with van der Waals surface area (Å²) >= 11 is 0. The molecule has 0 radical (unpaired) electrons. The standard InChI is InChI=1S/C15H18N4O/c1-11(2)10-20-14-6-4-13(5-7-14)8-17-19-9-12(3)18-15(19)16/h4-9H,1,10H2,2-3H3,(H2,16,18). The summed E-state index contributed by atoms with van der Waals surface area (Å²) in [5, 5.41) is 4.25. The molecule has 104 valence electrons. The molecule has 0 aliphatic rings. The van der Waals surface area contributed by atoms with Gasteiger partial charge < -0.3 is 10.5 Å². The van der Waals surface area contributed by atoms with Gasteiger partial charge in [-0.2, -0.15) is 5.10 Å². The van der Waals surface area contributed by atoms with Crippen LogP contribution in [0.5, 0.6) is 5.75 Å². The van der Waals surface area contributed by atoms with Crippen LogP contribution in [0.15, 0.2) is 47.7 Å². The Labute approximate surface area is 118 Å². The maximum atomic E-state index is 5.71. The van der Waals surface area contributed by atoms with Crippen LogP contribution in [-0.4, -0.2) is 22.5 Å². The quantitative estimate of drug-likeness (QED) is 0.671. The zero-order chi connectivity index (χ0) is 14.5. The van der Waals surface area contributed by atoms with Crippen molar-refractivity contribution < 1.29 is 4.74 Å². The van der Waals surface area contributed by atoms with Crippen LogP contribution in [0.25, 0.3) is 0 Å². The molecule has 0 saturated carbocycles. The Morgan fingerprint density at radius 3 is 2.70 bits per heavy atom. The van der Waals surface area contributed by atoms with Gasteiger partial charge in [-0.25, -0.2) is 9.66 Å². The third-order valence-corrected chi connectivity index (χ3v) is 2.53. The van der Waals surface area contributed by atoms with Crippen molar-refractivity contribution in [1.29, 1.82) is 0 Å². The highest BCUT2D eigenvalue weighted by atomic mass is 16.5. The van der Waals surface area contributed by atoms with E-state index in [1.165, 1.54) is 0 Å². The van der Waals surface area contributed by atoms with E-state index >= 15 is 0 Å². The largest absolute Gasteiger partial charge is 0.489 e. The lowest BCUT2D eigenvalue weighted by atomic mass is 10.2. The summed E-state index contributed by atoms with van der Waals surface area (Å²) in [5.41, 5.74) is 8.49. The molecule has 5 heteroatoms. The Morgan fingerprint density at radius 1 is 1.45 bits per heavy atom. The summed E-state index contributed by atoms with van der Waals surface area (Å²) in [6.07, 6.45) is 3.50. The Kier molecular flexibility index (Phi) is 4.20. The molecule has 2 aromatic rings. The fourth-order valence-corrected chi connectivity index (χ4v) is 1.58. The van der Waals surface area contributed by atoms with Crippen LogP contribution < -0.4 is 10.5 Å². The number of imidazole rings is 1. The predicted octanol–water partition coefficient (Wildman–Crippen LogP) is 2.61. The van der Waals surface area contributed by atoms with E-state index < -0.39 is 0 Å². The maximum Gasteiger partial charge on any atom is 0.221 e. The number of hydrogen-bond acceptors (Lipinski definition) is 4. The van der Waals surface area contributed by atoms with E-state index in [1.807, 2.05) is 38.1 Å². The van der Waals surface area contributed by atoms with Gasteiger partial charge in [-0.05, 0) is 49.2 Å². The van der Waals surface area contributed by atoms with Crippen LogP contribution in [0.4, 0.5) is 5.95 Å². The molecule has 1 heterocycles. The molecule has 0 aliphatic heterocycles. The SMILES string of the molecule is C=C(C)COc1ccc(C=Nn2cc(C)nc2N)cc1. The maximum absolute atomic E-state index is 5.71. The number of ether oxygens (including phenoxy) is 1. The minimum atomic E-state index is 0.375. The second kappa shape index (κ2) is 6.06. The van der Waals surface area contributed by atoms with E-state index in [2.05, 4.69) is 16.7 Å². The Balaban J connectivity index is 2.03. The molecule has 0 spiro atoms. The highest BCUT2D eigenvalue weighted by Gasteiger charge is 1.98. The first-order valence-corrected chi connectivity index (χ1v) is 6.27. The number of aromatic nitrogens is 2. The number of aryl methyl sites for hydroxylation is 1. The average Bonchev–Trinajstić information content (AvgIpc) is 2.73. The first-order valence-electron chi connectivity index (χ1n) is 6.27. The van der Waals surface area contributed by atoms with E-state index in [-0.39, 0.29) is 0 Å². The van der Waals surface area contributed by atoms with Crippen molar-refractivity contribution in [2.24, 2.45) is 5.10 Å². The molecule has 2 N–H and O–H groups in total. The van der Waals surface area contributed by atoms with Gasteiger partial charge in [0.2, 0.25) is 5.95 Å². The van der Waals surface area contributed by atoms with E-state index in [9.17, 15) is 0 Å². The summed E-state index contributed by atoms with van der Waals surface area (Å²) < 4.78 is 7.07. The molecule has 0 atom stereocenters. The van der Waals surface area contributed by atoms with Crippen molar-refractivity contribution in [3.05, 3.63) is 53.9 Å². The first kappa shape index (κ1) is 13.9. The number of nitrogens with two attached hydrogens (primary N) is 1. The summed E-state index contributed by atoms with van der Waals surface area (Å²) in [7, 11) is 0. The second-order valence-corrected chi connectivity index (χ2v) is 4.64. The van der Waals surface area contributed by atoms with Crippen molar-refractivity contribution in [3.8, 4) is 5.75 Å². The van der Waals surface area contributed by atoms with Gasteiger partial charge in [0.15, 0.2) is 0 Å². The van der Waals surface area contributed by atoms with E-state index in [0.717, 1.165) is 22.6 Å². The molecule has 0 unspecified atom stereocenters. The number of nitrogen functional groups attached to an aromatic ring is 1. The van der Waals surface area contributed by atoms with Crippen LogP contribution in [0.3, 0.4) is 0 Å². The summed E-state index contributed by atoms with van der Waals surface area (Å²) in [6, 6.07) is 7.65. The van der Waals surface area contributed by atoms with Gasteiger partial charge in [-0.3, -0.25) is 0 Å². The van der Waals surface area contributed by atoms with E-state index in [4.69, 9.17) is 10.5 Å². The molecule has 1 aromatic carbocycles. The van der Waals surface area contributed by atoms with Crippen LogP contribution in [-0.2, 0) is 0 Å². The normalized spacial score (nSPS) is 10.9. The predicted molar refractivity (Wildman–Crippen MR) is 81.1 cm³/mol. The molecule has 1 aromatic heterocycles. The lowest BCUT2D eigenvalue weighted by Crippen LogP contribution is -1.98. The molecule has 0 aliphatic carbocycles. The van der Waals surface area contributed by atoms with Gasteiger partial charge in [0, 0.05) is 0 Å². The second-order valence-electron chi connectivity index (χ2n) is 4.64. The van der Waals surface area contributed by atoms with Gasteiger partial charge in [0.05, 0.1) is 18.1 Å². The lowest BCUT2D eigenvalue weighted by molar-refractivity contribution is 0.352. The summed E-state index contributed by atoms with van der Waals surface area (Å²) in [4.78, 5) is 4.08. The summed E-state index contributed by atoms with van der Waals surface area (Å²) in [6.45, 7) is 8.12.